The highest BCUT2D eigenvalue weighted by atomic mass is 16.5. The van der Waals surface area contributed by atoms with Crippen molar-refractivity contribution >= 4 is 6.01 Å². The van der Waals surface area contributed by atoms with Crippen LogP contribution >= 0.6 is 0 Å². The Morgan fingerprint density at radius 1 is 1.19 bits per heavy atom. The van der Waals surface area contributed by atoms with Gasteiger partial charge in [-0.25, -0.2) is 0 Å². The summed E-state index contributed by atoms with van der Waals surface area (Å²) in [6, 6.07) is 0.334. The molecule has 8 nitrogen and oxygen atoms in total. The lowest BCUT2D eigenvalue weighted by Crippen LogP contribution is -2.04. The first-order valence-electron chi connectivity index (χ1n) is 4.78. The van der Waals surface area contributed by atoms with Gasteiger partial charge in [-0.15, -0.1) is 5.10 Å². The molecule has 2 aromatic rings. The third-order valence-electron chi connectivity index (χ3n) is 1.76. The molecular weight excluding hydrogens is 212 g/mol. The van der Waals surface area contributed by atoms with Gasteiger partial charge in [0.15, 0.2) is 5.82 Å². The summed E-state index contributed by atoms with van der Waals surface area (Å²) < 4.78 is 10.2. The molecule has 2 aromatic heterocycles. The number of aryl methyl sites for hydroxylation is 1. The minimum atomic E-state index is 0.334. The highest BCUT2D eigenvalue weighted by Gasteiger charge is 2.07. The second-order valence-electron chi connectivity index (χ2n) is 3.12. The topological polar surface area (TPSA) is 102 Å². The van der Waals surface area contributed by atoms with E-state index in [9.17, 15) is 0 Å². The number of rotatable bonds is 5. The molecule has 86 valence electrons. The van der Waals surface area contributed by atoms with E-state index in [1.165, 1.54) is 0 Å². The largest absolute Gasteiger partial charge is 0.407 e. The van der Waals surface area contributed by atoms with Crippen molar-refractivity contribution < 1.29 is 8.94 Å². The molecule has 8 heteroatoms. The maximum Gasteiger partial charge on any atom is 0.315 e. The molecule has 2 rings (SSSR count). The van der Waals surface area contributed by atoms with E-state index in [2.05, 4.69) is 31.0 Å². The second-order valence-corrected chi connectivity index (χ2v) is 3.12. The summed E-state index contributed by atoms with van der Waals surface area (Å²) in [7, 11) is 1.80. The molecule has 0 unspecified atom stereocenters. The standard InChI is InChI=1S/C8H12N6O2/c1-5-11-6(16-14-5)4-10-8-13-12-7(15-8)3-9-2/h9H,3-4H2,1-2H3,(H,10,13). The van der Waals surface area contributed by atoms with Crippen LogP contribution in [0.3, 0.4) is 0 Å². The maximum absolute atomic E-state index is 5.27. The molecule has 0 fully saturated rings. The van der Waals surface area contributed by atoms with Gasteiger partial charge in [0.25, 0.3) is 0 Å². The summed E-state index contributed by atoms with van der Waals surface area (Å²) in [5.74, 6) is 1.59. The maximum atomic E-state index is 5.27. The van der Waals surface area contributed by atoms with Crippen LogP contribution in [0, 0.1) is 6.92 Å². The van der Waals surface area contributed by atoms with E-state index in [0.29, 0.717) is 36.7 Å². The molecule has 0 aliphatic heterocycles. The lowest BCUT2D eigenvalue weighted by Gasteiger charge is -1.94. The van der Waals surface area contributed by atoms with Crippen molar-refractivity contribution in [2.24, 2.45) is 0 Å². The smallest absolute Gasteiger partial charge is 0.315 e. The third-order valence-corrected chi connectivity index (χ3v) is 1.76. The van der Waals surface area contributed by atoms with Crippen molar-refractivity contribution in [3.63, 3.8) is 0 Å². The van der Waals surface area contributed by atoms with Crippen LogP contribution < -0.4 is 10.6 Å². The van der Waals surface area contributed by atoms with Gasteiger partial charge in [-0.2, -0.15) is 4.98 Å². The SMILES string of the molecule is CNCc1nnc(NCc2nc(C)no2)o1. The zero-order chi connectivity index (χ0) is 11.4. The van der Waals surface area contributed by atoms with Crippen LogP contribution in [0.5, 0.6) is 0 Å². The molecule has 0 aliphatic rings. The molecular formula is C8H12N6O2. The van der Waals surface area contributed by atoms with E-state index in [-0.39, 0.29) is 0 Å². The summed E-state index contributed by atoms with van der Waals surface area (Å²) in [6.07, 6.45) is 0. The van der Waals surface area contributed by atoms with Gasteiger partial charge in [-0.3, -0.25) is 0 Å². The molecule has 2 N–H and O–H groups in total. The van der Waals surface area contributed by atoms with Crippen LogP contribution in [0.1, 0.15) is 17.6 Å². The Morgan fingerprint density at radius 3 is 2.75 bits per heavy atom. The van der Waals surface area contributed by atoms with Gasteiger partial charge in [0, 0.05) is 0 Å². The lowest BCUT2D eigenvalue weighted by molar-refractivity contribution is 0.378. The Kier molecular flexibility index (Phi) is 3.10. The zero-order valence-electron chi connectivity index (χ0n) is 9.02. The van der Waals surface area contributed by atoms with Gasteiger partial charge in [0.05, 0.1) is 13.1 Å². The number of hydrogen-bond acceptors (Lipinski definition) is 8. The Balaban J connectivity index is 1.89. The molecule has 0 radical (unpaired) electrons. The predicted molar refractivity (Wildman–Crippen MR) is 53.4 cm³/mol. The van der Waals surface area contributed by atoms with E-state index < -0.39 is 0 Å². The first-order valence-corrected chi connectivity index (χ1v) is 4.78. The number of anilines is 1. The van der Waals surface area contributed by atoms with E-state index in [1.807, 2.05) is 0 Å². The second kappa shape index (κ2) is 4.71. The van der Waals surface area contributed by atoms with Crippen LogP contribution in [0.2, 0.25) is 0 Å². The third kappa shape index (κ3) is 2.54. The Hall–Kier alpha value is -1.96. The van der Waals surface area contributed by atoms with Crippen molar-refractivity contribution in [2.45, 2.75) is 20.0 Å². The molecule has 0 aliphatic carbocycles. The predicted octanol–water partition coefficient (Wildman–Crippen LogP) is 0.0925. The monoisotopic (exact) mass is 224 g/mol. The first kappa shape index (κ1) is 10.6. The van der Waals surface area contributed by atoms with Gasteiger partial charge >= 0.3 is 6.01 Å². The average molecular weight is 224 g/mol. The summed E-state index contributed by atoms with van der Waals surface area (Å²) in [5, 5.41) is 17.1. The fraction of sp³-hybridized carbons (Fsp3) is 0.500. The Morgan fingerprint density at radius 2 is 2.06 bits per heavy atom. The summed E-state index contributed by atoms with van der Waals surface area (Å²) in [5.41, 5.74) is 0. The molecule has 0 saturated carbocycles. The molecule has 0 saturated heterocycles. The lowest BCUT2D eigenvalue weighted by atomic mass is 10.6. The van der Waals surface area contributed by atoms with Gasteiger partial charge in [0.2, 0.25) is 11.8 Å². The number of nitrogens with zero attached hydrogens (tertiary/aromatic N) is 4. The highest BCUT2D eigenvalue weighted by molar-refractivity contribution is 5.17. The van der Waals surface area contributed by atoms with Crippen LogP contribution in [0.25, 0.3) is 0 Å². The summed E-state index contributed by atoms with van der Waals surface area (Å²) >= 11 is 0. The molecule has 0 spiro atoms. The Labute approximate surface area is 91.4 Å². The van der Waals surface area contributed by atoms with Crippen LogP contribution in [0.4, 0.5) is 6.01 Å². The number of nitrogens with one attached hydrogen (secondary N) is 2. The van der Waals surface area contributed by atoms with Crippen LogP contribution in [-0.2, 0) is 13.1 Å². The summed E-state index contributed by atoms with van der Waals surface area (Å²) in [4.78, 5) is 4.03. The van der Waals surface area contributed by atoms with Crippen molar-refractivity contribution in [3.8, 4) is 0 Å². The first-order chi connectivity index (χ1) is 7.78. The molecule has 0 amide bonds. The number of aromatic nitrogens is 4. The molecule has 0 atom stereocenters. The van der Waals surface area contributed by atoms with E-state index in [0.717, 1.165) is 0 Å². The molecule has 16 heavy (non-hydrogen) atoms. The normalized spacial score (nSPS) is 10.6. The minimum Gasteiger partial charge on any atom is -0.407 e. The summed E-state index contributed by atoms with van der Waals surface area (Å²) in [6.45, 7) is 2.65. The van der Waals surface area contributed by atoms with E-state index in [1.54, 1.807) is 14.0 Å². The fourth-order valence-electron chi connectivity index (χ4n) is 1.11. The quantitative estimate of drug-likeness (QED) is 0.736. The van der Waals surface area contributed by atoms with Crippen LogP contribution in [-0.4, -0.2) is 27.4 Å². The fourth-order valence-corrected chi connectivity index (χ4v) is 1.11. The van der Waals surface area contributed by atoms with Gasteiger partial charge in [-0.05, 0) is 14.0 Å². The minimum absolute atomic E-state index is 0.334. The van der Waals surface area contributed by atoms with Gasteiger partial charge in [-0.1, -0.05) is 10.3 Å². The molecule has 2 heterocycles. The van der Waals surface area contributed by atoms with Crippen LogP contribution in [0.15, 0.2) is 8.94 Å². The van der Waals surface area contributed by atoms with Gasteiger partial charge in [0.1, 0.15) is 0 Å². The molecule has 0 aromatic carbocycles. The molecule has 0 bridgehead atoms. The van der Waals surface area contributed by atoms with Crippen molar-refractivity contribution in [2.75, 3.05) is 12.4 Å². The van der Waals surface area contributed by atoms with Gasteiger partial charge < -0.3 is 19.6 Å². The average Bonchev–Trinajstić information content (AvgIpc) is 2.85. The van der Waals surface area contributed by atoms with E-state index in [4.69, 9.17) is 8.94 Å². The van der Waals surface area contributed by atoms with E-state index >= 15 is 0 Å². The zero-order valence-corrected chi connectivity index (χ0v) is 9.02. The van der Waals surface area contributed by atoms with Crippen molar-refractivity contribution in [3.05, 3.63) is 17.6 Å². The highest BCUT2D eigenvalue weighted by Crippen LogP contribution is 2.06. The van der Waals surface area contributed by atoms with Crippen molar-refractivity contribution in [1.29, 1.82) is 0 Å². The Bertz CT molecular complexity index is 451. The number of hydrogen-bond donors (Lipinski definition) is 2. The van der Waals surface area contributed by atoms with Crippen molar-refractivity contribution in [1.82, 2.24) is 25.7 Å².